The van der Waals surface area contributed by atoms with E-state index in [4.69, 9.17) is 14.5 Å². The highest BCUT2D eigenvalue weighted by Gasteiger charge is 2.33. The van der Waals surface area contributed by atoms with Gasteiger partial charge in [0, 0.05) is 62.8 Å². The van der Waals surface area contributed by atoms with E-state index in [1.54, 1.807) is 17.4 Å². The van der Waals surface area contributed by atoms with E-state index >= 15 is 0 Å². The van der Waals surface area contributed by atoms with Crippen molar-refractivity contribution in [2.24, 2.45) is 0 Å². The third kappa shape index (κ3) is 5.36. The predicted molar refractivity (Wildman–Crippen MR) is 151 cm³/mol. The first kappa shape index (κ1) is 26.2. The largest absolute Gasteiger partial charge is 0.358 e. The Labute approximate surface area is 232 Å². The van der Waals surface area contributed by atoms with Gasteiger partial charge in [0.1, 0.15) is 17.3 Å². The molecule has 0 bridgehead atoms. The molecule has 2 N–H and O–H groups in total. The number of aromatic nitrogens is 6. The number of sulfonamides is 1. The molecular formula is C26H32N10O3S. The Hall–Kier alpha value is -4.04. The first-order valence-electron chi connectivity index (χ1n) is 13.4. The minimum Gasteiger partial charge on any atom is -0.358 e. The summed E-state index contributed by atoms with van der Waals surface area (Å²) < 4.78 is 32.1. The van der Waals surface area contributed by atoms with E-state index < -0.39 is 10.0 Å². The number of hydrogen-bond donors (Lipinski definition) is 2. The molecule has 0 amide bonds. The van der Waals surface area contributed by atoms with Gasteiger partial charge in [-0.3, -0.25) is 10.1 Å². The lowest BCUT2D eigenvalue weighted by Gasteiger charge is -2.35. The number of rotatable bonds is 8. The number of hydrogen-bond acceptors (Lipinski definition) is 11. The summed E-state index contributed by atoms with van der Waals surface area (Å²) in [7, 11) is -3.23. The number of nitrogens with one attached hydrogen (secondary N) is 2. The topological polar surface area (TPSA) is 149 Å². The molecule has 6 heterocycles. The maximum Gasteiger partial charge on any atom is 0.229 e. The molecule has 4 aromatic heterocycles. The number of piperazine rings is 1. The molecule has 0 saturated carbocycles. The van der Waals surface area contributed by atoms with Gasteiger partial charge in [0.25, 0.3) is 0 Å². The van der Waals surface area contributed by atoms with Gasteiger partial charge in [0.05, 0.1) is 17.5 Å². The summed E-state index contributed by atoms with van der Waals surface area (Å²) in [5.41, 5.74) is 2.37. The van der Waals surface area contributed by atoms with Gasteiger partial charge < -0.3 is 19.6 Å². The van der Waals surface area contributed by atoms with Crippen LogP contribution in [-0.4, -0.2) is 81.5 Å². The molecule has 2 aliphatic rings. The molecule has 0 radical (unpaired) electrons. The number of nitrogens with zero attached hydrogens (tertiary/aromatic N) is 8. The summed E-state index contributed by atoms with van der Waals surface area (Å²) in [6.45, 7) is 6.27. The van der Waals surface area contributed by atoms with Crippen molar-refractivity contribution < 1.29 is 12.9 Å². The predicted octanol–water partition coefficient (Wildman–Crippen LogP) is 3.11. The van der Waals surface area contributed by atoms with Crippen LogP contribution in [0.1, 0.15) is 37.3 Å². The van der Waals surface area contributed by atoms with Crippen LogP contribution < -0.4 is 15.1 Å². The number of aromatic amines is 1. The zero-order valence-corrected chi connectivity index (χ0v) is 23.3. The quantitative estimate of drug-likeness (QED) is 0.325. The van der Waals surface area contributed by atoms with Crippen LogP contribution in [0.2, 0.25) is 0 Å². The van der Waals surface area contributed by atoms with Crippen molar-refractivity contribution in [3.8, 4) is 11.4 Å². The summed E-state index contributed by atoms with van der Waals surface area (Å²) in [5, 5.41) is 14.8. The Morgan fingerprint density at radius 3 is 2.62 bits per heavy atom. The molecule has 40 heavy (non-hydrogen) atoms. The molecule has 2 fully saturated rings. The van der Waals surface area contributed by atoms with Crippen molar-refractivity contribution in [3.05, 3.63) is 54.0 Å². The summed E-state index contributed by atoms with van der Waals surface area (Å²) >= 11 is 0. The summed E-state index contributed by atoms with van der Waals surface area (Å²) in [5.74, 6) is 3.39. The lowest BCUT2D eigenvalue weighted by atomic mass is 10.1. The second-order valence-electron chi connectivity index (χ2n) is 9.94. The van der Waals surface area contributed by atoms with Crippen molar-refractivity contribution >= 4 is 33.4 Å². The van der Waals surface area contributed by atoms with Crippen LogP contribution in [-0.2, 0) is 10.0 Å². The van der Waals surface area contributed by atoms with Gasteiger partial charge in [-0.2, -0.15) is 19.4 Å². The Balaban J connectivity index is 1.30. The van der Waals surface area contributed by atoms with Crippen LogP contribution in [0.15, 0.2) is 47.1 Å². The second kappa shape index (κ2) is 10.8. The fraction of sp³-hybridized carbons (Fsp3) is 0.423. The van der Waals surface area contributed by atoms with Gasteiger partial charge in [0.2, 0.25) is 16.0 Å². The van der Waals surface area contributed by atoms with Gasteiger partial charge in [-0.1, -0.05) is 11.2 Å². The third-order valence-electron chi connectivity index (χ3n) is 7.28. The van der Waals surface area contributed by atoms with Gasteiger partial charge in [-0.25, -0.2) is 8.42 Å². The Morgan fingerprint density at radius 1 is 1.05 bits per heavy atom. The molecule has 4 aromatic rings. The molecule has 2 saturated heterocycles. The van der Waals surface area contributed by atoms with E-state index in [1.165, 1.54) is 0 Å². The van der Waals surface area contributed by atoms with E-state index in [2.05, 4.69) is 35.5 Å². The fourth-order valence-electron chi connectivity index (χ4n) is 5.15. The number of anilines is 4. The molecule has 13 nitrogen and oxygen atoms in total. The molecule has 6 rings (SSSR count). The Morgan fingerprint density at radius 2 is 1.90 bits per heavy atom. The lowest BCUT2D eigenvalue weighted by molar-refractivity contribution is 0.362. The highest BCUT2D eigenvalue weighted by molar-refractivity contribution is 7.89. The van der Waals surface area contributed by atoms with Crippen molar-refractivity contribution in [3.63, 3.8) is 0 Å². The van der Waals surface area contributed by atoms with Crippen molar-refractivity contribution in [1.29, 1.82) is 0 Å². The first-order chi connectivity index (χ1) is 19.4. The van der Waals surface area contributed by atoms with Crippen LogP contribution in [0.3, 0.4) is 0 Å². The lowest BCUT2D eigenvalue weighted by Crippen LogP contribution is -2.49. The second-order valence-corrected chi connectivity index (χ2v) is 12.2. The third-order valence-corrected chi connectivity index (χ3v) is 9.16. The van der Waals surface area contributed by atoms with Crippen molar-refractivity contribution in [2.45, 2.75) is 32.7 Å². The molecule has 0 aliphatic carbocycles. The minimum atomic E-state index is -3.23. The molecular weight excluding hydrogens is 532 g/mol. The zero-order chi connectivity index (χ0) is 27.7. The van der Waals surface area contributed by atoms with Gasteiger partial charge >= 0.3 is 0 Å². The first-order valence-corrected chi connectivity index (χ1v) is 15.1. The van der Waals surface area contributed by atoms with Crippen LogP contribution in [0.4, 0.5) is 23.4 Å². The number of aryl methyl sites for hydroxylation is 1. The zero-order valence-electron chi connectivity index (χ0n) is 22.5. The van der Waals surface area contributed by atoms with Gasteiger partial charge in [-0.05, 0) is 38.8 Å². The maximum atomic E-state index is 12.4. The monoisotopic (exact) mass is 564 g/mol. The molecule has 2 aliphatic heterocycles. The van der Waals surface area contributed by atoms with Crippen LogP contribution in [0, 0.1) is 6.92 Å². The average Bonchev–Trinajstić information content (AvgIpc) is 3.75. The van der Waals surface area contributed by atoms with E-state index in [1.807, 2.05) is 43.3 Å². The molecule has 210 valence electrons. The summed E-state index contributed by atoms with van der Waals surface area (Å²) in [6.07, 6.45) is 3.56. The molecule has 1 atom stereocenters. The van der Waals surface area contributed by atoms with Gasteiger partial charge in [0.15, 0.2) is 11.6 Å². The SMILES string of the molecule is CCS(=O)(=O)N1CCN(c2cc(Nc3cc(C)[nH]n3)nc(N3CCC[C@H]3c3cc(-c4ccccn4)no3)n2)CC1. The van der Waals surface area contributed by atoms with E-state index in [-0.39, 0.29) is 11.8 Å². The van der Waals surface area contributed by atoms with E-state index in [0.717, 1.165) is 42.4 Å². The molecule has 0 aromatic carbocycles. The van der Waals surface area contributed by atoms with Crippen molar-refractivity contribution in [2.75, 3.05) is 53.6 Å². The molecule has 0 unspecified atom stereocenters. The average molecular weight is 565 g/mol. The highest BCUT2D eigenvalue weighted by Crippen LogP contribution is 2.37. The molecule has 14 heteroatoms. The highest BCUT2D eigenvalue weighted by atomic mass is 32.2. The van der Waals surface area contributed by atoms with Gasteiger partial charge in [-0.15, -0.1) is 0 Å². The van der Waals surface area contributed by atoms with Crippen LogP contribution in [0.25, 0.3) is 11.4 Å². The smallest absolute Gasteiger partial charge is 0.229 e. The van der Waals surface area contributed by atoms with Crippen molar-refractivity contribution in [1.82, 2.24) is 34.6 Å². The Kier molecular flexibility index (Phi) is 7.11. The standard InChI is InChI=1S/C26H32N10O3S/c1-3-40(37,38)35-13-11-34(12-14-35)25-17-23(28-24-15-18(2)31-32-24)29-26(30-25)36-10-6-8-21(36)22-16-20(33-39-22)19-7-4-5-9-27-19/h4-5,7,9,15-17,21H,3,6,8,10-14H2,1-2H3,(H2,28,29,30,31,32)/t21-/m0/s1. The fourth-order valence-corrected chi connectivity index (χ4v) is 6.24. The number of pyridine rings is 1. The summed E-state index contributed by atoms with van der Waals surface area (Å²) in [4.78, 5) is 18.5. The van der Waals surface area contributed by atoms with Crippen LogP contribution in [0.5, 0.6) is 0 Å². The Bertz CT molecular complexity index is 1560. The van der Waals surface area contributed by atoms with Crippen LogP contribution >= 0.6 is 0 Å². The minimum absolute atomic E-state index is 0.0766. The van der Waals surface area contributed by atoms with E-state index in [9.17, 15) is 8.42 Å². The summed E-state index contributed by atoms with van der Waals surface area (Å²) in [6, 6.07) is 11.3. The maximum absolute atomic E-state index is 12.4. The van der Waals surface area contributed by atoms with E-state index in [0.29, 0.717) is 49.5 Å². The number of H-pyrrole nitrogens is 1. The molecule has 0 spiro atoms. The normalized spacial score (nSPS) is 18.4.